The fourth-order valence-corrected chi connectivity index (χ4v) is 3.27. The third kappa shape index (κ3) is 4.90. The van der Waals surface area contributed by atoms with Gasteiger partial charge in [0.05, 0.1) is 6.10 Å². The average molecular weight is 326 g/mol. The summed E-state index contributed by atoms with van der Waals surface area (Å²) in [6.07, 6.45) is 6.73. The Kier molecular flexibility index (Phi) is 6.35. The number of hydrogen-bond acceptors (Lipinski definition) is 2. The van der Waals surface area contributed by atoms with Crippen LogP contribution < -0.4 is 5.32 Å². The largest absolute Gasteiger partial charge is 0.378 e. The summed E-state index contributed by atoms with van der Waals surface area (Å²) >= 11 is 3.56. The summed E-state index contributed by atoms with van der Waals surface area (Å²) in [4.78, 5) is 0. The highest BCUT2D eigenvalue weighted by molar-refractivity contribution is 9.10. The number of benzene rings is 1. The Morgan fingerprint density at radius 2 is 2.37 bits per heavy atom. The second kappa shape index (κ2) is 8.03. The topological polar surface area (TPSA) is 21.3 Å². The van der Waals surface area contributed by atoms with E-state index in [1.54, 1.807) is 0 Å². The molecule has 19 heavy (non-hydrogen) atoms. The molecule has 1 aliphatic heterocycles. The molecule has 2 atom stereocenters. The van der Waals surface area contributed by atoms with Gasteiger partial charge in [0.25, 0.3) is 0 Å². The van der Waals surface area contributed by atoms with Crippen molar-refractivity contribution in [3.63, 3.8) is 0 Å². The van der Waals surface area contributed by atoms with Crippen LogP contribution in [0.25, 0.3) is 0 Å². The first kappa shape index (κ1) is 15.0. The molecule has 1 saturated heterocycles. The van der Waals surface area contributed by atoms with Crippen LogP contribution in [0.1, 0.15) is 43.6 Å². The van der Waals surface area contributed by atoms with Gasteiger partial charge in [0, 0.05) is 17.6 Å². The molecule has 2 nitrogen and oxygen atoms in total. The molecule has 0 bridgehead atoms. The van der Waals surface area contributed by atoms with E-state index in [0.29, 0.717) is 12.0 Å². The lowest BCUT2D eigenvalue weighted by atomic mass is 9.92. The normalized spacial score (nSPS) is 20.6. The van der Waals surface area contributed by atoms with Crippen molar-refractivity contribution in [1.82, 2.24) is 5.32 Å². The maximum Gasteiger partial charge on any atom is 0.0576 e. The maximum absolute atomic E-state index is 5.70. The van der Waals surface area contributed by atoms with Crippen LogP contribution >= 0.6 is 15.9 Å². The zero-order chi connectivity index (χ0) is 13.5. The van der Waals surface area contributed by atoms with Gasteiger partial charge in [-0.05, 0) is 56.3 Å². The molecule has 1 aliphatic rings. The molecule has 1 fully saturated rings. The molecule has 1 N–H and O–H groups in total. The molecular weight excluding hydrogens is 302 g/mol. The van der Waals surface area contributed by atoms with Crippen molar-refractivity contribution in [1.29, 1.82) is 0 Å². The third-order valence-corrected chi connectivity index (χ3v) is 4.37. The minimum Gasteiger partial charge on any atom is -0.378 e. The number of hydrogen-bond donors (Lipinski definition) is 1. The van der Waals surface area contributed by atoms with Crippen LogP contribution in [0.5, 0.6) is 0 Å². The molecule has 2 unspecified atom stereocenters. The van der Waals surface area contributed by atoms with E-state index in [4.69, 9.17) is 4.74 Å². The van der Waals surface area contributed by atoms with Gasteiger partial charge < -0.3 is 10.1 Å². The first-order chi connectivity index (χ1) is 9.29. The van der Waals surface area contributed by atoms with Crippen LogP contribution in [-0.2, 0) is 4.74 Å². The fraction of sp³-hybridized carbons (Fsp3) is 0.625. The molecule has 0 radical (unpaired) electrons. The lowest BCUT2D eigenvalue weighted by Gasteiger charge is -2.18. The van der Waals surface area contributed by atoms with E-state index >= 15 is 0 Å². The van der Waals surface area contributed by atoms with E-state index in [9.17, 15) is 0 Å². The summed E-state index contributed by atoms with van der Waals surface area (Å²) in [5.41, 5.74) is 1.43. The lowest BCUT2D eigenvalue weighted by molar-refractivity contribution is 0.101. The van der Waals surface area contributed by atoms with E-state index in [1.807, 2.05) is 7.05 Å². The Labute approximate surface area is 125 Å². The van der Waals surface area contributed by atoms with E-state index < -0.39 is 0 Å². The molecule has 0 aliphatic carbocycles. The zero-order valence-electron chi connectivity index (χ0n) is 11.7. The van der Waals surface area contributed by atoms with Crippen LogP contribution in [0.3, 0.4) is 0 Å². The Morgan fingerprint density at radius 1 is 1.47 bits per heavy atom. The summed E-state index contributed by atoms with van der Waals surface area (Å²) in [5.74, 6) is 0.601. The van der Waals surface area contributed by atoms with E-state index in [0.717, 1.165) is 13.2 Å². The van der Waals surface area contributed by atoms with Crippen molar-refractivity contribution in [3.05, 3.63) is 34.3 Å². The van der Waals surface area contributed by atoms with Crippen molar-refractivity contribution in [2.75, 3.05) is 20.2 Å². The van der Waals surface area contributed by atoms with Gasteiger partial charge in [-0.15, -0.1) is 0 Å². The standard InChI is InChI=1S/C16H24BrNO/c1-18-12-14(13-5-2-7-15(17)11-13)6-3-8-16-9-4-10-19-16/h2,5,7,11,14,16,18H,3-4,6,8-10,12H2,1H3. The smallest absolute Gasteiger partial charge is 0.0576 e. The number of ether oxygens (including phenoxy) is 1. The average Bonchev–Trinajstić information content (AvgIpc) is 2.91. The molecule has 3 heteroatoms. The molecule has 0 amide bonds. The highest BCUT2D eigenvalue weighted by Crippen LogP contribution is 2.26. The molecule has 0 spiro atoms. The van der Waals surface area contributed by atoms with Crippen molar-refractivity contribution in [2.24, 2.45) is 0 Å². The van der Waals surface area contributed by atoms with E-state index in [-0.39, 0.29) is 0 Å². The second-order valence-electron chi connectivity index (χ2n) is 5.38. The first-order valence-corrected chi connectivity index (χ1v) is 8.10. The highest BCUT2D eigenvalue weighted by atomic mass is 79.9. The highest BCUT2D eigenvalue weighted by Gasteiger charge is 2.17. The predicted octanol–water partition coefficient (Wildman–Crippen LogP) is 4.10. The number of nitrogens with one attached hydrogen (secondary N) is 1. The molecule has 0 aromatic heterocycles. The molecular formula is C16H24BrNO. The molecule has 2 rings (SSSR count). The van der Waals surface area contributed by atoms with Gasteiger partial charge in [0.1, 0.15) is 0 Å². The van der Waals surface area contributed by atoms with Crippen molar-refractivity contribution in [2.45, 2.75) is 44.1 Å². The van der Waals surface area contributed by atoms with Crippen LogP contribution in [0, 0.1) is 0 Å². The quantitative estimate of drug-likeness (QED) is 0.814. The van der Waals surface area contributed by atoms with Crippen molar-refractivity contribution >= 4 is 15.9 Å². The lowest BCUT2D eigenvalue weighted by Crippen LogP contribution is -2.18. The zero-order valence-corrected chi connectivity index (χ0v) is 13.3. The summed E-state index contributed by atoms with van der Waals surface area (Å²) in [5, 5.41) is 3.32. The minimum atomic E-state index is 0.526. The van der Waals surface area contributed by atoms with E-state index in [2.05, 4.69) is 45.5 Å². The molecule has 1 heterocycles. The predicted molar refractivity (Wildman–Crippen MR) is 83.6 cm³/mol. The fourth-order valence-electron chi connectivity index (χ4n) is 2.86. The summed E-state index contributed by atoms with van der Waals surface area (Å²) in [7, 11) is 2.03. The van der Waals surface area contributed by atoms with Gasteiger partial charge >= 0.3 is 0 Å². The van der Waals surface area contributed by atoms with Gasteiger partial charge in [-0.1, -0.05) is 34.5 Å². The van der Waals surface area contributed by atoms with Gasteiger partial charge in [0.15, 0.2) is 0 Å². The molecule has 0 saturated carbocycles. The van der Waals surface area contributed by atoms with Gasteiger partial charge in [-0.25, -0.2) is 0 Å². The molecule has 1 aromatic carbocycles. The summed E-state index contributed by atoms with van der Waals surface area (Å²) < 4.78 is 6.87. The Balaban J connectivity index is 1.84. The van der Waals surface area contributed by atoms with Gasteiger partial charge in [0.2, 0.25) is 0 Å². The number of rotatable bonds is 7. The third-order valence-electron chi connectivity index (χ3n) is 3.87. The van der Waals surface area contributed by atoms with Crippen molar-refractivity contribution < 1.29 is 4.74 Å². The van der Waals surface area contributed by atoms with Gasteiger partial charge in [-0.3, -0.25) is 0 Å². The maximum atomic E-state index is 5.70. The summed E-state index contributed by atoms with van der Waals surface area (Å²) in [6, 6.07) is 8.70. The van der Waals surface area contributed by atoms with Crippen LogP contribution in [0.15, 0.2) is 28.7 Å². The minimum absolute atomic E-state index is 0.526. The Bertz CT molecular complexity index is 377. The van der Waals surface area contributed by atoms with Crippen molar-refractivity contribution in [3.8, 4) is 0 Å². The molecule has 106 valence electrons. The number of halogens is 1. The number of likely N-dealkylation sites (N-methyl/N-ethyl adjacent to an activating group) is 1. The SMILES string of the molecule is CNCC(CCCC1CCCO1)c1cccc(Br)c1. The Hall–Kier alpha value is -0.380. The van der Waals surface area contributed by atoms with Crippen LogP contribution in [0.2, 0.25) is 0 Å². The summed E-state index contributed by atoms with van der Waals surface area (Å²) in [6.45, 7) is 2.01. The second-order valence-corrected chi connectivity index (χ2v) is 6.29. The van der Waals surface area contributed by atoms with Gasteiger partial charge in [-0.2, -0.15) is 0 Å². The van der Waals surface area contributed by atoms with Crippen LogP contribution in [-0.4, -0.2) is 26.3 Å². The first-order valence-electron chi connectivity index (χ1n) is 7.31. The Morgan fingerprint density at radius 3 is 3.05 bits per heavy atom. The molecule has 1 aromatic rings. The van der Waals surface area contributed by atoms with Crippen LogP contribution in [0.4, 0.5) is 0 Å². The monoisotopic (exact) mass is 325 g/mol. The van der Waals surface area contributed by atoms with E-state index in [1.165, 1.54) is 42.1 Å².